The third-order valence-corrected chi connectivity index (χ3v) is 4.70. The number of hydrogen-bond acceptors (Lipinski definition) is 2. The lowest BCUT2D eigenvalue weighted by molar-refractivity contribution is -0.706. The van der Waals surface area contributed by atoms with Gasteiger partial charge in [-0.15, -0.1) is 0 Å². The smallest absolute Gasteiger partial charge is 0.292 e. The molecule has 5 heteroatoms. The topological polar surface area (TPSA) is 54.0 Å². The fourth-order valence-electron chi connectivity index (χ4n) is 3.15. The average molecular weight is 338 g/mol. The first-order valence-corrected chi connectivity index (χ1v) is 7.92. The molecule has 2 N–H and O–H groups in total. The Morgan fingerprint density at radius 2 is 1.75 bits per heavy atom. The van der Waals surface area contributed by atoms with E-state index in [-0.39, 0.29) is 17.9 Å². The Labute approximate surface area is 126 Å². The minimum absolute atomic E-state index is 0.0655. The molecule has 0 spiro atoms. The van der Waals surface area contributed by atoms with Crippen molar-refractivity contribution in [1.82, 2.24) is 0 Å². The lowest BCUT2D eigenvalue weighted by Gasteiger charge is -2.16. The molecule has 1 aromatic carbocycles. The molecular weight excluding hydrogens is 320 g/mol. The minimum atomic E-state index is -0.228. The molecule has 1 saturated heterocycles. The fraction of sp³-hybridized carbons (Fsp3) is 0.467. The van der Waals surface area contributed by atoms with Crippen LogP contribution in [0.25, 0.3) is 0 Å². The molecule has 1 atom stereocenters. The van der Waals surface area contributed by atoms with E-state index in [1.54, 1.807) is 12.1 Å². The number of benzene rings is 1. The number of nitrogens with two attached hydrogens (primary N) is 1. The van der Waals surface area contributed by atoms with Crippen molar-refractivity contribution < 1.29 is 14.9 Å². The van der Waals surface area contributed by atoms with Gasteiger partial charge < -0.3 is 5.32 Å². The maximum atomic E-state index is 12.5. The van der Waals surface area contributed by atoms with Crippen LogP contribution in [0, 0.1) is 0 Å². The molecule has 0 radical (unpaired) electrons. The molecule has 4 nitrogen and oxygen atoms in total. The number of halogens is 1. The second kappa shape index (κ2) is 5.66. The second-order valence-electron chi connectivity index (χ2n) is 5.59. The summed E-state index contributed by atoms with van der Waals surface area (Å²) in [5.41, 5.74) is 0.672. The Morgan fingerprint density at radius 3 is 2.40 bits per heavy atom. The molecule has 1 aromatic rings. The van der Waals surface area contributed by atoms with Gasteiger partial charge in [0.25, 0.3) is 5.91 Å². The van der Waals surface area contributed by atoms with Crippen molar-refractivity contribution in [2.75, 3.05) is 4.90 Å². The normalized spacial score (nSPS) is 23.9. The molecule has 1 aliphatic heterocycles. The van der Waals surface area contributed by atoms with E-state index in [1.165, 1.54) is 17.7 Å². The number of hydrogen-bond donors (Lipinski definition) is 1. The summed E-state index contributed by atoms with van der Waals surface area (Å²) in [5, 5.41) is 2.12. The first-order chi connectivity index (χ1) is 9.65. The zero-order valence-electron chi connectivity index (χ0n) is 11.2. The predicted molar refractivity (Wildman–Crippen MR) is 79.2 cm³/mol. The van der Waals surface area contributed by atoms with Crippen LogP contribution in [0.3, 0.4) is 0 Å². The first kappa shape index (κ1) is 13.8. The Hall–Kier alpha value is -1.20. The third-order valence-electron chi connectivity index (χ3n) is 4.17. The quantitative estimate of drug-likeness (QED) is 0.851. The summed E-state index contributed by atoms with van der Waals surface area (Å²) in [6.45, 7) is 0. The van der Waals surface area contributed by atoms with Crippen LogP contribution in [0.5, 0.6) is 0 Å². The van der Waals surface area contributed by atoms with Gasteiger partial charge in [0.15, 0.2) is 6.04 Å². The molecule has 106 valence electrons. The number of amides is 2. The molecule has 2 aliphatic rings. The van der Waals surface area contributed by atoms with Crippen LogP contribution in [-0.4, -0.2) is 23.9 Å². The molecule has 1 aliphatic carbocycles. The van der Waals surface area contributed by atoms with Crippen molar-refractivity contribution in [1.29, 1.82) is 0 Å². The van der Waals surface area contributed by atoms with Gasteiger partial charge in [-0.1, -0.05) is 15.9 Å². The van der Waals surface area contributed by atoms with Crippen LogP contribution in [0.2, 0.25) is 0 Å². The largest absolute Gasteiger partial charge is 0.333 e. The standard InChI is InChI=1S/C15H17BrN2O2/c16-10-5-7-12(8-6-10)18-14(19)9-13(15(18)20)17-11-3-1-2-4-11/h5-8,11,13,17H,1-4,9H2/p+1/t13-/m0/s1. The maximum Gasteiger partial charge on any atom is 0.292 e. The molecule has 3 rings (SSSR count). The molecular formula is C15H18BrN2O2+. The summed E-state index contributed by atoms with van der Waals surface area (Å²) >= 11 is 3.36. The van der Waals surface area contributed by atoms with E-state index < -0.39 is 0 Å². The van der Waals surface area contributed by atoms with Crippen molar-refractivity contribution in [3.8, 4) is 0 Å². The Kier molecular flexibility index (Phi) is 3.89. The summed E-state index contributed by atoms with van der Waals surface area (Å²) in [7, 11) is 0. The van der Waals surface area contributed by atoms with Crippen molar-refractivity contribution in [3.05, 3.63) is 28.7 Å². The molecule has 0 bridgehead atoms. The lowest BCUT2D eigenvalue weighted by Crippen LogP contribution is -2.95. The SMILES string of the molecule is O=C1C[C@H]([NH2+]C2CCCC2)C(=O)N1c1ccc(Br)cc1. The van der Waals surface area contributed by atoms with Gasteiger partial charge in [0.05, 0.1) is 18.2 Å². The van der Waals surface area contributed by atoms with E-state index in [1.807, 2.05) is 12.1 Å². The van der Waals surface area contributed by atoms with E-state index >= 15 is 0 Å². The molecule has 0 unspecified atom stereocenters. The third kappa shape index (κ3) is 2.65. The van der Waals surface area contributed by atoms with Gasteiger partial charge in [-0.2, -0.15) is 0 Å². The van der Waals surface area contributed by atoms with Crippen molar-refractivity contribution in [2.45, 2.75) is 44.2 Å². The van der Waals surface area contributed by atoms with E-state index in [2.05, 4.69) is 21.2 Å². The van der Waals surface area contributed by atoms with Gasteiger partial charge in [-0.25, -0.2) is 4.90 Å². The Bertz CT molecular complexity index is 523. The highest BCUT2D eigenvalue weighted by Crippen LogP contribution is 2.24. The monoisotopic (exact) mass is 337 g/mol. The summed E-state index contributed by atoms with van der Waals surface area (Å²) in [6.07, 6.45) is 5.14. The number of carbonyl (C=O) groups excluding carboxylic acids is 2. The van der Waals surface area contributed by atoms with Crippen molar-refractivity contribution >= 4 is 33.4 Å². The molecule has 1 heterocycles. The fourth-order valence-corrected chi connectivity index (χ4v) is 3.41. The van der Waals surface area contributed by atoms with E-state index in [0.717, 1.165) is 17.3 Å². The van der Waals surface area contributed by atoms with Crippen LogP contribution in [0.1, 0.15) is 32.1 Å². The molecule has 2 fully saturated rings. The van der Waals surface area contributed by atoms with Crippen LogP contribution < -0.4 is 10.2 Å². The Balaban J connectivity index is 1.74. The number of nitrogens with zero attached hydrogens (tertiary/aromatic N) is 1. The average Bonchev–Trinajstić information content (AvgIpc) is 3.02. The summed E-state index contributed by atoms with van der Waals surface area (Å²) < 4.78 is 0.939. The molecule has 2 amide bonds. The van der Waals surface area contributed by atoms with Gasteiger partial charge >= 0.3 is 0 Å². The zero-order chi connectivity index (χ0) is 14.1. The van der Waals surface area contributed by atoms with Crippen LogP contribution >= 0.6 is 15.9 Å². The highest BCUT2D eigenvalue weighted by Gasteiger charge is 2.43. The van der Waals surface area contributed by atoms with Crippen LogP contribution in [0.15, 0.2) is 28.7 Å². The van der Waals surface area contributed by atoms with E-state index in [4.69, 9.17) is 0 Å². The van der Waals surface area contributed by atoms with Gasteiger partial charge in [0.1, 0.15) is 0 Å². The van der Waals surface area contributed by atoms with Crippen molar-refractivity contribution in [2.24, 2.45) is 0 Å². The summed E-state index contributed by atoms with van der Waals surface area (Å²) in [4.78, 5) is 25.9. The van der Waals surface area contributed by atoms with Gasteiger partial charge in [0.2, 0.25) is 5.91 Å². The van der Waals surface area contributed by atoms with Crippen LogP contribution in [-0.2, 0) is 9.59 Å². The Morgan fingerprint density at radius 1 is 1.10 bits per heavy atom. The van der Waals surface area contributed by atoms with Gasteiger partial charge in [-0.05, 0) is 49.9 Å². The minimum Gasteiger partial charge on any atom is -0.333 e. The second-order valence-corrected chi connectivity index (χ2v) is 6.51. The number of carbonyl (C=O) groups is 2. The lowest BCUT2D eigenvalue weighted by atomic mass is 10.2. The summed E-state index contributed by atoms with van der Waals surface area (Å²) in [5.74, 6) is -0.152. The van der Waals surface area contributed by atoms with E-state index in [0.29, 0.717) is 18.2 Å². The molecule has 20 heavy (non-hydrogen) atoms. The molecule has 0 aromatic heterocycles. The number of imide groups is 1. The van der Waals surface area contributed by atoms with Crippen LogP contribution in [0.4, 0.5) is 5.69 Å². The maximum absolute atomic E-state index is 12.5. The van der Waals surface area contributed by atoms with Crippen molar-refractivity contribution in [3.63, 3.8) is 0 Å². The first-order valence-electron chi connectivity index (χ1n) is 7.12. The number of quaternary nitrogens is 1. The summed E-state index contributed by atoms with van der Waals surface area (Å²) in [6, 6.07) is 7.60. The van der Waals surface area contributed by atoms with E-state index in [9.17, 15) is 9.59 Å². The van der Waals surface area contributed by atoms with Gasteiger partial charge in [-0.3, -0.25) is 9.59 Å². The number of rotatable bonds is 3. The predicted octanol–water partition coefficient (Wildman–Crippen LogP) is 1.59. The highest BCUT2D eigenvalue weighted by molar-refractivity contribution is 9.10. The highest BCUT2D eigenvalue weighted by atomic mass is 79.9. The van der Waals surface area contributed by atoms with Gasteiger partial charge in [0, 0.05) is 4.47 Å². The zero-order valence-corrected chi connectivity index (χ0v) is 12.8. The molecule has 1 saturated carbocycles. The number of anilines is 1.